The third kappa shape index (κ3) is 6.35. The molecule has 2 amide bonds. The zero-order chi connectivity index (χ0) is 20.9. The molecule has 1 aromatic carbocycles. The largest absolute Gasteiger partial charge is 0.493 e. The minimum Gasteiger partial charge on any atom is -0.493 e. The number of likely N-dealkylation sites (tertiary alicyclic amines) is 1. The summed E-state index contributed by atoms with van der Waals surface area (Å²) in [5.74, 6) is 1.03. The molecule has 2 fully saturated rings. The van der Waals surface area contributed by atoms with Gasteiger partial charge in [0.25, 0.3) is 5.91 Å². The normalized spacial score (nSPS) is 20.3. The summed E-state index contributed by atoms with van der Waals surface area (Å²) in [6.07, 6.45) is 1.71. The van der Waals surface area contributed by atoms with Gasteiger partial charge in [-0.2, -0.15) is 0 Å². The van der Waals surface area contributed by atoms with Crippen molar-refractivity contribution in [1.82, 2.24) is 9.80 Å². The molecule has 0 aromatic heterocycles. The lowest BCUT2D eigenvalue weighted by Crippen LogP contribution is -2.44. The summed E-state index contributed by atoms with van der Waals surface area (Å²) in [5.41, 5.74) is 0.175. The van der Waals surface area contributed by atoms with E-state index in [1.54, 1.807) is 17.0 Å². The minimum absolute atomic E-state index is 0.0279. The standard InChI is InChI=1S/C22H32N2O5/c1-22(2,3)29-21(26)24-10-4-5-17(15-24)16-28-19-8-6-18(7-9-19)20(25)23-11-13-27-14-12-23/h6-9,17H,4-5,10-16H2,1-3H3/t17-/m1/s1. The molecule has 0 radical (unpaired) electrons. The van der Waals surface area contributed by atoms with Crippen LogP contribution in [-0.4, -0.2) is 73.4 Å². The Morgan fingerprint density at radius 2 is 1.76 bits per heavy atom. The SMILES string of the molecule is CC(C)(C)OC(=O)N1CCC[C@@H](COc2ccc(C(=O)N3CCOCC3)cc2)C1. The molecule has 1 atom stereocenters. The number of hydrogen-bond donors (Lipinski definition) is 0. The van der Waals surface area contributed by atoms with Crippen LogP contribution in [0.5, 0.6) is 5.75 Å². The van der Waals surface area contributed by atoms with E-state index in [4.69, 9.17) is 14.2 Å². The number of piperidine rings is 1. The smallest absolute Gasteiger partial charge is 0.410 e. The van der Waals surface area contributed by atoms with Gasteiger partial charge in [-0.05, 0) is 57.9 Å². The Labute approximate surface area is 172 Å². The molecular formula is C22H32N2O5. The Bertz CT molecular complexity index is 692. The quantitative estimate of drug-likeness (QED) is 0.771. The first-order chi connectivity index (χ1) is 13.8. The molecule has 0 unspecified atom stereocenters. The van der Waals surface area contributed by atoms with Gasteiger partial charge in [0.05, 0.1) is 19.8 Å². The highest BCUT2D eigenvalue weighted by Crippen LogP contribution is 2.21. The van der Waals surface area contributed by atoms with Crippen molar-refractivity contribution in [2.24, 2.45) is 5.92 Å². The van der Waals surface area contributed by atoms with Gasteiger partial charge in [-0.3, -0.25) is 4.79 Å². The number of ether oxygens (including phenoxy) is 3. The van der Waals surface area contributed by atoms with Crippen LogP contribution in [0.2, 0.25) is 0 Å². The first-order valence-corrected chi connectivity index (χ1v) is 10.4. The molecule has 0 spiro atoms. The highest BCUT2D eigenvalue weighted by molar-refractivity contribution is 5.94. The van der Waals surface area contributed by atoms with Crippen molar-refractivity contribution in [2.75, 3.05) is 46.0 Å². The first kappa shape index (κ1) is 21.4. The molecule has 3 rings (SSSR count). The topological polar surface area (TPSA) is 68.3 Å². The van der Waals surface area contributed by atoms with Gasteiger partial charge in [0.15, 0.2) is 0 Å². The maximum Gasteiger partial charge on any atom is 0.410 e. The second kappa shape index (κ2) is 9.48. The van der Waals surface area contributed by atoms with Crippen molar-refractivity contribution >= 4 is 12.0 Å². The van der Waals surface area contributed by atoms with Crippen LogP contribution in [-0.2, 0) is 9.47 Å². The van der Waals surface area contributed by atoms with Crippen molar-refractivity contribution in [1.29, 1.82) is 0 Å². The van der Waals surface area contributed by atoms with Crippen LogP contribution in [0.15, 0.2) is 24.3 Å². The van der Waals surface area contributed by atoms with Crippen molar-refractivity contribution in [3.05, 3.63) is 29.8 Å². The minimum atomic E-state index is -0.485. The molecule has 7 heteroatoms. The molecule has 0 saturated carbocycles. The fraction of sp³-hybridized carbons (Fsp3) is 0.636. The molecule has 0 bridgehead atoms. The molecule has 7 nitrogen and oxygen atoms in total. The van der Waals surface area contributed by atoms with E-state index in [0.29, 0.717) is 45.0 Å². The van der Waals surface area contributed by atoms with Crippen LogP contribution < -0.4 is 4.74 Å². The molecule has 2 aliphatic heterocycles. The third-order valence-corrected chi connectivity index (χ3v) is 5.06. The van der Waals surface area contributed by atoms with Gasteiger partial charge >= 0.3 is 6.09 Å². The van der Waals surface area contributed by atoms with Crippen LogP contribution in [0.4, 0.5) is 4.79 Å². The number of carbonyl (C=O) groups is 2. The van der Waals surface area contributed by atoms with Gasteiger partial charge in [0.1, 0.15) is 11.4 Å². The molecule has 0 N–H and O–H groups in total. The molecule has 160 valence electrons. The molecule has 2 saturated heterocycles. The average molecular weight is 405 g/mol. The fourth-order valence-electron chi connectivity index (χ4n) is 3.55. The molecule has 2 heterocycles. The van der Waals surface area contributed by atoms with Gasteiger partial charge < -0.3 is 24.0 Å². The molecular weight excluding hydrogens is 372 g/mol. The third-order valence-electron chi connectivity index (χ3n) is 5.06. The van der Waals surface area contributed by atoms with Crippen LogP contribution in [0.3, 0.4) is 0 Å². The predicted molar refractivity (Wildman–Crippen MR) is 109 cm³/mol. The number of nitrogens with zero attached hydrogens (tertiary/aromatic N) is 2. The van der Waals surface area contributed by atoms with Crippen molar-refractivity contribution in [3.8, 4) is 5.75 Å². The van der Waals surface area contributed by atoms with Crippen molar-refractivity contribution in [2.45, 2.75) is 39.2 Å². The lowest BCUT2D eigenvalue weighted by molar-refractivity contribution is 0.0139. The van der Waals surface area contributed by atoms with Gasteiger partial charge in [-0.25, -0.2) is 4.79 Å². The summed E-state index contributed by atoms with van der Waals surface area (Å²) in [6, 6.07) is 7.28. The second-order valence-electron chi connectivity index (χ2n) is 8.67. The zero-order valence-electron chi connectivity index (χ0n) is 17.7. The Morgan fingerprint density at radius 3 is 2.41 bits per heavy atom. The number of benzene rings is 1. The van der Waals surface area contributed by atoms with E-state index in [2.05, 4.69) is 0 Å². The average Bonchev–Trinajstić information content (AvgIpc) is 2.72. The second-order valence-corrected chi connectivity index (χ2v) is 8.67. The number of amides is 2. The molecule has 0 aliphatic carbocycles. The summed E-state index contributed by atoms with van der Waals surface area (Å²) >= 11 is 0. The van der Waals surface area contributed by atoms with E-state index < -0.39 is 5.60 Å². The monoisotopic (exact) mass is 404 g/mol. The highest BCUT2D eigenvalue weighted by Gasteiger charge is 2.28. The highest BCUT2D eigenvalue weighted by atomic mass is 16.6. The number of hydrogen-bond acceptors (Lipinski definition) is 5. The maximum atomic E-state index is 12.5. The summed E-state index contributed by atoms with van der Waals surface area (Å²) in [6.45, 7) is 9.99. The molecule has 1 aromatic rings. The zero-order valence-corrected chi connectivity index (χ0v) is 17.7. The van der Waals surface area contributed by atoms with E-state index >= 15 is 0 Å². The van der Waals surface area contributed by atoms with Crippen LogP contribution >= 0.6 is 0 Å². The summed E-state index contributed by atoms with van der Waals surface area (Å²) < 4.78 is 16.7. The van der Waals surface area contributed by atoms with Gasteiger partial charge in [-0.1, -0.05) is 0 Å². The van der Waals surface area contributed by atoms with E-state index in [9.17, 15) is 9.59 Å². The summed E-state index contributed by atoms with van der Waals surface area (Å²) in [7, 11) is 0. The Balaban J connectivity index is 1.48. The molecule has 29 heavy (non-hydrogen) atoms. The van der Waals surface area contributed by atoms with E-state index in [1.165, 1.54) is 0 Å². The number of rotatable bonds is 4. The number of morpholine rings is 1. The lowest BCUT2D eigenvalue weighted by atomic mass is 9.99. The Kier molecular flexibility index (Phi) is 7.00. The Morgan fingerprint density at radius 1 is 1.07 bits per heavy atom. The van der Waals surface area contributed by atoms with Gasteiger partial charge in [-0.15, -0.1) is 0 Å². The van der Waals surface area contributed by atoms with Crippen molar-refractivity contribution < 1.29 is 23.8 Å². The lowest BCUT2D eigenvalue weighted by Gasteiger charge is -2.34. The van der Waals surface area contributed by atoms with E-state index in [1.807, 2.05) is 37.8 Å². The first-order valence-electron chi connectivity index (χ1n) is 10.4. The number of carbonyl (C=O) groups excluding carboxylic acids is 2. The predicted octanol–water partition coefficient (Wildman–Crippen LogP) is 3.18. The maximum absolute atomic E-state index is 12.5. The fourth-order valence-corrected chi connectivity index (χ4v) is 3.55. The summed E-state index contributed by atoms with van der Waals surface area (Å²) in [5, 5.41) is 0. The van der Waals surface area contributed by atoms with E-state index in [-0.39, 0.29) is 17.9 Å². The van der Waals surface area contributed by atoms with Crippen LogP contribution in [0.25, 0.3) is 0 Å². The van der Waals surface area contributed by atoms with Gasteiger partial charge in [0, 0.05) is 37.7 Å². The van der Waals surface area contributed by atoms with E-state index in [0.717, 1.165) is 25.1 Å². The van der Waals surface area contributed by atoms with Crippen LogP contribution in [0, 0.1) is 5.92 Å². The van der Waals surface area contributed by atoms with Crippen LogP contribution in [0.1, 0.15) is 44.0 Å². The summed E-state index contributed by atoms with van der Waals surface area (Å²) in [4.78, 5) is 28.4. The van der Waals surface area contributed by atoms with Crippen molar-refractivity contribution in [3.63, 3.8) is 0 Å². The Hall–Kier alpha value is -2.28. The van der Waals surface area contributed by atoms with Gasteiger partial charge in [0.2, 0.25) is 0 Å². The molecule has 2 aliphatic rings.